The van der Waals surface area contributed by atoms with Crippen molar-refractivity contribution < 1.29 is 4.79 Å². The van der Waals surface area contributed by atoms with Crippen LogP contribution < -0.4 is 16.6 Å². The van der Waals surface area contributed by atoms with Gasteiger partial charge in [-0.05, 0) is 24.3 Å². The number of rotatable bonds is 3. The van der Waals surface area contributed by atoms with Gasteiger partial charge in [-0.25, -0.2) is 4.98 Å². The van der Waals surface area contributed by atoms with Gasteiger partial charge in [-0.15, -0.1) is 0 Å². The van der Waals surface area contributed by atoms with Crippen LogP contribution in [0, 0.1) is 0 Å². The quantitative estimate of drug-likeness (QED) is 0.777. The summed E-state index contributed by atoms with van der Waals surface area (Å²) >= 11 is 5.78. The number of anilines is 2. The number of primary amides is 1. The molecule has 4 N–H and O–H groups in total. The van der Waals surface area contributed by atoms with E-state index in [2.05, 4.69) is 15.3 Å². The van der Waals surface area contributed by atoms with Crippen LogP contribution in [0.5, 0.6) is 0 Å². The third-order valence-electron chi connectivity index (χ3n) is 2.23. The number of aromatic amines is 1. The van der Waals surface area contributed by atoms with Gasteiger partial charge in [0.25, 0.3) is 5.56 Å². The summed E-state index contributed by atoms with van der Waals surface area (Å²) in [4.78, 5) is 28.4. The van der Waals surface area contributed by atoms with Crippen molar-refractivity contribution in [2.24, 2.45) is 5.73 Å². The molecule has 2 aromatic rings. The van der Waals surface area contributed by atoms with Crippen molar-refractivity contribution in [3.63, 3.8) is 0 Å². The van der Waals surface area contributed by atoms with Crippen LogP contribution in [0.3, 0.4) is 0 Å². The minimum absolute atomic E-state index is 0.0310. The van der Waals surface area contributed by atoms with Crippen LogP contribution in [0.4, 0.5) is 11.5 Å². The highest BCUT2D eigenvalue weighted by atomic mass is 35.5. The highest BCUT2D eigenvalue weighted by Crippen LogP contribution is 2.19. The number of H-pyrrole nitrogens is 1. The van der Waals surface area contributed by atoms with E-state index in [9.17, 15) is 9.59 Å². The summed E-state index contributed by atoms with van der Waals surface area (Å²) in [7, 11) is 0. The van der Waals surface area contributed by atoms with Crippen molar-refractivity contribution in [3.05, 3.63) is 51.5 Å². The van der Waals surface area contributed by atoms with E-state index >= 15 is 0 Å². The Morgan fingerprint density at radius 1 is 1.33 bits per heavy atom. The maximum absolute atomic E-state index is 11.2. The number of benzene rings is 1. The van der Waals surface area contributed by atoms with Crippen LogP contribution in [0.15, 0.2) is 35.4 Å². The molecule has 1 aromatic heterocycles. The Morgan fingerprint density at radius 2 is 2.00 bits per heavy atom. The van der Waals surface area contributed by atoms with Gasteiger partial charge >= 0.3 is 0 Å². The summed E-state index contributed by atoms with van der Waals surface area (Å²) in [5.74, 6) is -0.263. The number of halogens is 1. The van der Waals surface area contributed by atoms with Gasteiger partial charge in [0.2, 0.25) is 5.91 Å². The molecule has 0 saturated carbocycles. The lowest BCUT2D eigenvalue weighted by molar-refractivity contribution is 0.100. The fourth-order valence-corrected chi connectivity index (χ4v) is 1.48. The second-order valence-corrected chi connectivity index (χ2v) is 3.84. The zero-order chi connectivity index (χ0) is 13.1. The second kappa shape index (κ2) is 4.89. The smallest absolute Gasteiger partial charge is 0.271 e. The summed E-state index contributed by atoms with van der Waals surface area (Å²) in [5.41, 5.74) is 5.73. The molecule has 0 spiro atoms. The topological polar surface area (TPSA) is 101 Å². The predicted molar refractivity (Wildman–Crippen MR) is 68.1 cm³/mol. The molecule has 7 heteroatoms. The van der Waals surface area contributed by atoms with E-state index in [4.69, 9.17) is 17.3 Å². The molecule has 0 aliphatic rings. The second-order valence-electron chi connectivity index (χ2n) is 3.46. The van der Waals surface area contributed by atoms with Crippen molar-refractivity contribution in [3.8, 4) is 0 Å². The first-order valence-corrected chi connectivity index (χ1v) is 5.36. The van der Waals surface area contributed by atoms with Crippen LogP contribution in [-0.4, -0.2) is 15.9 Å². The number of carbonyl (C=O) groups is 1. The monoisotopic (exact) mass is 264 g/mol. The summed E-state index contributed by atoms with van der Waals surface area (Å²) in [6, 6.07) is 6.40. The van der Waals surface area contributed by atoms with Gasteiger partial charge in [0.1, 0.15) is 5.02 Å². The number of nitrogens with two attached hydrogens (primary N) is 1. The number of aromatic nitrogens is 2. The lowest BCUT2D eigenvalue weighted by atomic mass is 10.2. The molecule has 1 aromatic carbocycles. The highest BCUT2D eigenvalue weighted by molar-refractivity contribution is 6.32. The standard InChI is InChI=1S/C11H9ClN4O2/c12-8-10(14-5-15-11(8)18)16-7-3-1-6(2-4-7)9(13)17/h1-5H,(H2,13,17)(H2,14,15,16,18). The Kier molecular flexibility index (Phi) is 3.29. The molecule has 0 aliphatic carbocycles. The first-order valence-electron chi connectivity index (χ1n) is 4.98. The van der Waals surface area contributed by atoms with Gasteiger partial charge in [0.05, 0.1) is 6.33 Å². The van der Waals surface area contributed by atoms with Crippen molar-refractivity contribution in [2.45, 2.75) is 0 Å². The molecule has 2 rings (SSSR count). The molecule has 18 heavy (non-hydrogen) atoms. The minimum Gasteiger partial charge on any atom is -0.366 e. The molecule has 0 bridgehead atoms. The Hall–Kier alpha value is -2.34. The lowest BCUT2D eigenvalue weighted by Gasteiger charge is -2.06. The Bertz CT molecular complexity index is 636. The summed E-state index contributed by atoms with van der Waals surface area (Å²) in [6.45, 7) is 0. The van der Waals surface area contributed by atoms with E-state index in [-0.39, 0.29) is 10.8 Å². The summed E-state index contributed by atoms with van der Waals surface area (Å²) in [6.07, 6.45) is 1.24. The number of amides is 1. The molecular formula is C11H9ClN4O2. The third kappa shape index (κ3) is 2.49. The first-order chi connectivity index (χ1) is 8.58. The molecule has 92 valence electrons. The maximum atomic E-state index is 11.2. The van der Waals surface area contributed by atoms with Crippen LogP contribution >= 0.6 is 11.6 Å². The van der Waals surface area contributed by atoms with Gasteiger partial charge in [-0.2, -0.15) is 0 Å². The largest absolute Gasteiger partial charge is 0.366 e. The highest BCUT2D eigenvalue weighted by Gasteiger charge is 2.06. The molecule has 0 atom stereocenters. The number of hydrogen-bond acceptors (Lipinski definition) is 4. The van der Waals surface area contributed by atoms with E-state index in [0.29, 0.717) is 11.3 Å². The van der Waals surface area contributed by atoms with Gasteiger partial charge in [-0.1, -0.05) is 11.6 Å². The Morgan fingerprint density at radius 3 is 2.61 bits per heavy atom. The van der Waals surface area contributed by atoms with E-state index in [0.717, 1.165) is 0 Å². The van der Waals surface area contributed by atoms with E-state index in [1.54, 1.807) is 24.3 Å². The molecule has 0 radical (unpaired) electrons. The van der Waals surface area contributed by atoms with Gasteiger partial charge in [0, 0.05) is 11.3 Å². The van der Waals surface area contributed by atoms with Crippen LogP contribution in [0.2, 0.25) is 5.02 Å². The van der Waals surface area contributed by atoms with Gasteiger partial charge in [-0.3, -0.25) is 9.59 Å². The SMILES string of the molecule is NC(=O)c1ccc(Nc2nc[nH]c(=O)c2Cl)cc1. The first kappa shape index (κ1) is 12.1. The summed E-state index contributed by atoms with van der Waals surface area (Å²) < 4.78 is 0. The van der Waals surface area contributed by atoms with Crippen molar-refractivity contribution in [1.82, 2.24) is 9.97 Å². The number of hydrogen-bond donors (Lipinski definition) is 3. The zero-order valence-corrected chi connectivity index (χ0v) is 9.86. The Labute approximate surface area is 107 Å². The van der Waals surface area contributed by atoms with E-state index in [1.165, 1.54) is 6.33 Å². The number of nitrogens with one attached hydrogen (secondary N) is 2. The summed E-state index contributed by atoms with van der Waals surface area (Å²) in [5, 5.41) is 2.83. The van der Waals surface area contributed by atoms with Gasteiger partial charge < -0.3 is 16.0 Å². The van der Waals surface area contributed by atoms with Gasteiger partial charge in [0.15, 0.2) is 5.82 Å². The van der Waals surface area contributed by atoms with Crippen LogP contribution in [0.25, 0.3) is 0 Å². The third-order valence-corrected chi connectivity index (χ3v) is 2.58. The number of nitrogens with zero attached hydrogens (tertiary/aromatic N) is 1. The average molecular weight is 265 g/mol. The fraction of sp³-hybridized carbons (Fsp3) is 0. The molecule has 0 saturated heterocycles. The zero-order valence-electron chi connectivity index (χ0n) is 9.11. The van der Waals surface area contributed by atoms with Crippen molar-refractivity contribution in [1.29, 1.82) is 0 Å². The van der Waals surface area contributed by atoms with Crippen molar-refractivity contribution in [2.75, 3.05) is 5.32 Å². The average Bonchev–Trinajstić information content (AvgIpc) is 2.36. The fourth-order valence-electron chi connectivity index (χ4n) is 1.32. The van der Waals surface area contributed by atoms with Crippen LogP contribution in [0.1, 0.15) is 10.4 Å². The van der Waals surface area contributed by atoms with E-state index in [1.807, 2.05) is 0 Å². The Balaban J connectivity index is 2.26. The predicted octanol–water partition coefficient (Wildman–Crippen LogP) is 1.27. The van der Waals surface area contributed by atoms with E-state index < -0.39 is 11.5 Å². The molecule has 1 heterocycles. The minimum atomic E-state index is -0.506. The molecular weight excluding hydrogens is 256 g/mol. The maximum Gasteiger partial charge on any atom is 0.271 e. The molecule has 0 fully saturated rings. The number of carbonyl (C=O) groups excluding carboxylic acids is 1. The van der Waals surface area contributed by atoms with Crippen LogP contribution in [-0.2, 0) is 0 Å². The molecule has 6 nitrogen and oxygen atoms in total. The normalized spacial score (nSPS) is 10.1. The molecule has 0 aliphatic heterocycles. The van der Waals surface area contributed by atoms with Crippen molar-refractivity contribution >= 4 is 29.0 Å². The molecule has 1 amide bonds. The molecule has 0 unspecified atom stereocenters. The lowest BCUT2D eigenvalue weighted by Crippen LogP contribution is -2.11.